The standard InChI is InChI=1S/C54H35N3.C48H33N3/c1-4-14-40(15-5-1)55-49-22-12-10-20-43(49)45-32-36(24-28-51(45)55)38-26-30-53-47(34-38)48-35-39(27-31-54(48)57(53)42-18-8-3-9-19-42)37-25-29-52-46(33-37)44-21-11-13-23-50(44)56(52)41-16-6-2-7-17-41;1-5-15-36(16-6-1)49(37-17-7-2-8-18-37)40-28-25-34(26-29-40)35-27-30-46-42(31-35)44-33-47-43(32-48(44)51(46)39-21-11-4-12-22-39)41-23-13-14-24-45(41)50(47)38-19-9-3-10-20-38/h1-35H;1-33H. The van der Waals surface area contributed by atoms with Gasteiger partial charge >= 0.3 is 0 Å². The van der Waals surface area contributed by atoms with Crippen LogP contribution in [-0.4, -0.2) is 22.8 Å². The summed E-state index contributed by atoms with van der Waals surface area (Å²) in [6.45, 7) is 0. The third-order valence-electron chi connectivity index (χ3n) is 21.9. The molecule has 0 unspecified atom stereocenters. The van der Waals surface area contributed by atoms with Crippen LogP contribution in [0.4, 0.5) is 17.1 Å². The Morgan fingerprint density at radius 3 is 0.620 bits per heavy atom. The van der Waals surface area contributed by atoms with Crippen molar-refractivity contribution < 1.29 is 0 Å². The number of nitrogens with zero attached hydrogens (tertiary/aromatic N) is 6. The smallest absolute Gasteiger partial charge is 0.0548 e. The molecule has 108 heavy (non-hydrogen) atoms. The molecule has 5 heterocycles. The van der Waals surface area contributed by atoms with Gasteiger partial charge in [-0.1, -0.05) is 224 Å². The zero-order chi connectivity index (χ0) is 71.2. The zero-order valence-electron chi connectivity index (χ0n) is 58.9. The number of anilines is 3. The van der Waals surface area contributed by atoms with Crippen LogP contribution in [0.2, 0.25) is 0 Å². The van der Waals surface area contributed by atoms with Crippen LogP contribution in [0.25, 0.3) is 171 Å². The van der Waals surface area contributed by atoms with E-state index >= 15 is 0 Å². The molecule has 506 valence electrons. The van der Waals surface area contributed by atoms with Crippen LogP contribution in [0.3, 0.4) is 0 Å². The number of benzene rings is 17. The number of para-hydroxylation sites is 10. The second-order valence-electron chi connectivity index (χ2n) is 28.0. The molecular formula is C102H68N6. The molecule has 0 aliphatic carbocycles. The van der Waals surface area contributed by atoms with Gasteiger partial charge in [0.1, 0.15) is 0 Å². The van der Waals surface area contributed by atoms with E-state index in [1.165, 1.54) is 154 Å². The van der Waals surface area contributed by atoms with E-state index in [0.717, 1.165) is 34.1 Å². The lowest BCUT2D eigenvalue weighted by atomic mass is 9.98. The third-order valence-corrected chi connectivity index (χ3v) is 21.9. The molecule has 6 nitrogen and oxygen atoms in total. The highest BCUT2D eigenvalue weighted by Gasteiger charge is 2.23. The van der Waals surface area contributed by atoms with E-state index in [1.54, 1.807) is 0 Å². The summed E-state index contributed by atoms with van der Waals surface area (Å²) in [6, 6.07) is 149. The molecule has 6 heteroatoms. The van der Waals surface area contributed by atoms with E-state index in [1.807, 2.05) is 0 Å². The van der Waals surface area contributed by atoms with Gasteiger partial charge in [-0.05, 0) is 221 Å². The van der Waals surface area contributed by atoms with Crippen LogP contribution in [-0.2, 0) is 0 Å². The van der Waals surface area contributed by atoms with Crippen molar-refractivity contribution in [1.29, 1.82) is 0 Å². The summed E-state index contributed by atoms with van der Waals surface area (Å²) in [6.07, 6.45) is 0. The Morgan fingerprint density at radius 2 is 0.324 bits per heavy atom. The number of rotatable bonds is 11. The summed E-state index contributed by atoms with van der Waals surface area (Å²) in [5.41, 5.74) is 28.4. The van der Waals surface area contributed by atoms with Crippen LogP contribution in [0.1, 0.15) is 0 Å². The minimum Gasteiger partial charge on any atom is -0.311 e. The maximum absolute atomic E-state index is 2.42. The first-order chi connectivity index (χ1) is 53.6. The van der Waals surface area contributed by atoms with E-state index in [0.29, 0.717) is 0 Å². The highest BCUT2D eigenvalue weighted by atomic mass is 15.1. The topological polar surface area (TPSA) is 27.9 Å². The van der Waals surface area contributed by atoms with Gasteiger partial charge in [0.2, 0.25) is 0 Å². The van der Waals surface area contributed by atoms with Crippen molar-refractivity contribution in [3.8, 4) is 61.8 Å². The second-order valence-corrected chi connectivity index (χ2v) is 28.0. The molecule has 0 N–H and O–H groups in total. The van der Waals surface area contributed by atoms with Crippen LogP contribution < -0.4 is 4.90 Å². The molecule has 0 amide bonds. The summed E-state index contributed by atoms with van der Waals surface area (Å²) < 4.78 is 12.0. The SMILES string of the molecule is c1ccc(-n2c3ccccc3c3cc(-c4ccc5c(c4)c4cc(-c6ccc7c(c6)c6ccccc6n7-c6ccccc6)ccc4n5-c4ccccc4)ccc32)cc1.c1ccc(N(c2ccccc2)c2ccc(-c3ccc4c(c3)c3cc5c(cc3n4-c3ccccc3)c3ccccc3n5-c3ccccc3)cc2)cc1. The van der Waals surface area contributed by atoms with E-state index in [9.17, 15) is 0 Å². The average molecular weight is 1380 g/mol. The van der Waals surface area contributed by atoms with E-state index < -0.39 is 0 Å². The Labute approximate surface area is 624 Å². The molecule has 17 aromatic carbocycles. The Bertz CT molecular complexity index is 6920. The van der Waals surface area contributed by atoms with E-state index in [-0.39, 0.29) is 0 Å². The van der Waals surface area contributed by atoms with Gasteiger partial charge in [-0.3, -0.25) is 0 Å². The fraction of sp³-hybridized carbons (Fsp3) is 0. The number of aromatic nitrogens is 5. The molecule has 0 aliphatic rings. The second kappa shape index (κ2) is 25.7. The molecule has 0 saturated heterocycles. The largest absolute Gasteiger partial charge is 0.311 e. The Morgan fingerprint density at radius 1 is 0.130 bits per heavy atom. The van der Waals surface area contributed by atoms with Crippen molar-refractivity contribution in [2.45, 2.75) is 0 Å². The lowest BCUT2D eigenvalue weighted by molar-refractivity contribution is 1.17. The fourth-order valence-corrected chi connectivity index (χ4v) is 17.0. The molecule has 0 atom stereocenters. The third kappa shape index (κ3) is 10.3. The van der Waals surface area contributed by atoms with Gasteiger partial charge in [0.25, 0.3) is 0 Å². The fourth-order valence-electron chi connectivity index (χ4n) is 17.0. The predicted octanol–water partition coefficient (Wildman–Crippen LogP) is 27.3. The lowest BCUT2D eigenvalue weighted by Gasteiger charge is -2.25. The summed E-state index contributed by atoms with van der Waals surface area (Å²) in [5.74, 6) is 0. The molecule has 0 radical (unpaired) electrons. The Hall–Kier alpha value is -14.5. The van der Waals surface area contributed by atoms with Crippen molar-refractivity contribution in [2.75, 3.05) is 4.90 Å². The maximum Gasteiger partial charge on any atom is 0.0548 e. The van der Waals surface area contributed by atoms with Gasteiger partial charge < -0.3 is 27.7 Å². The molecule has 22 aromatic rings. The summed E-state index contributed by atoms with van der Waals surface area (Å²) in [4.78, 5) is 2.30. The highest BCUT2D eigenvalue weighted by molar-refractivity contribution is 6.20. The van der Waals surface area contributed by atoms with Crippen molar-refractivity contribution in [3.05, 3.63) is 413 Å². The van der Waals surface area contributed by atoms with Crippen molar-refractivity contribution >= 4 is 126 Å². The molecule has 0 bridgehead atoms. The van der Waals surface area contributed by atoms with E-state index in [2.05, 4.69) is 440 Å². The summed E-state index contributed by atoms with van der Waals surface area (Å²) in [5, 5.41) is 12.5. The normalized spacial score (nSPS) is 11.7. The van der Waals surface area contributed by atoms with Crippen molar-refractivity contribution in [3.63, 3.8) is 0 Å². The highest BCUT2D eigenvalue weighted by Crippen LogP contribution is 2.45. The molecule has 0 spiro atoms. The monoisotopic (exact) mass is 1380 g/mol. The van der Waals surface area contributed by atoms with Gasteiger partial charge in [0, 0.05) is 99.4 Å². The predicted molar refractivity (Wildman–Crippen MR) is 456 cm³/mol. The van der Waals surface area contributed by atoms with Crippen LogP contribution in [0, 0.1) is 0 Å². The van der Waals surface area contributed by atoms with Gasteiger partial charge in [-0.25, -0.2) is 0 Å². The summed E-state index contributed by atoms with van der Waals surface area (Å²) >= 11 is 0. The van der Waals surface area contributed by atoms with Crippen molar-refractivity contribution in [2.24, 2.45) is 0 Å². The molecule has 0 saturated carbocycles. The molecule has 5 aromatic heterocycles. The minimum absolute atomic E-state index is 1.12. The van der Waals surface area contributed by atoms with Crippen molar-refractivity contribution in [1.82, 2.24) is 22.8 Å². The number of hydrogen-bond acceptors (Lipinski definition) is 1. The van der Waals surface area contributed by atoms with E-state index in [4.69, 9.17) is 0 Å². The summed E-state index contributed by atoms with van der Waals surface area (Å²) in [7, 11) is 0. The Balaban J connectivity index is 0.000000139. The van der Waals surface area contributed by atoms with Gasteiger partial charge in [-0.2, -0.15) is 0 Å². The lowest BCUT2D eigenvalue weighted by Crippen LogP contribution is -2.09. The first-order valence-corrected chi connectivity index (χ1v) is 37.0. The van der Waals surface area contributed by atoms with Crippen LogP contribution >= 0.6 is 0 Å². The van der Waals surface area contributed by atoms with Gasteiger partial charge in [-0.15, -0.1) is 0 Å². The van der Waals surface area contributed by atoms with Crippen LogP contribution in [0.5, 0.6) is 0 Å². The number of fused-ring (bicyclic) bond motifs is 15. The Kier molecular flexibility index (Phi) is 14.8. The zero-order valence-corrected chi connectivity index (χ0v) is 58.9. The molecule has 0 aliphatic heterocycles. The van der Waals surface area contributed by atoms with Crippen LogP contribution in [0.15, 0.2) is 413 Å². The quantitative estimate of drug-likeness (QED) is 0.127. The molecule has 22 rings (SSSR count). The number of hydrogen-bond donors (Lipinski definition) is 0. The minimum atomic E-state index is 1.12. The average Bonchev–Trinajstić information content (AvgIpc) is 1.57. The van der Waals surface area contributed by atoms with Gasteiger partial charge in [0.15, 0.2) is 0 Å². The molecule has 0 fully saturated rings. The first-order valence-electron chi connectivity index (χ1n) is 37.0. The first kappa shape index (κ1) is 62.1. The van der Waals surface area contributed by atoms with Gasteiger partial charge in [0.05, 0.1) is 55.2 Å². The molecular weight excluding hydrogens is 1310 g/mol. The maximum atomic E-state index is 2.42.